The van der Waals surface area contributed by atoms with Gasteiger partial charge in [-0.15, -0.1) is 0 Å². The van der Waals surface area contributed by atoms with Crippen LogP contribution in [0.4, 0.5) is 22.7 Å². The van der Waals surface area contributed by atoms with E-state index in [2.05, 4.69) is 16.0 Å². The molecule has 0 atom stereocenters. The van der Waals surface area contributed by atoms with Crippen molar-refractivity contribution < 1.29 is 23.1 Å². The van der Waals surface area contributed by atoms with E-state index in [4.69, 9.17) is 0 Å². The maximum Gasteiger partial charge on any atom is 0.293 e. The van der Waals surface area contributed by atoms with Crippen molar-refractivity contribution in [3.63, 3.8) is 0 Å². The van der Waals surface area contributed by atoms with Gasteiger partial charge in [-0.2, -0.15) is 0 Å². The molecule has 0 saturated carbocycles. The van der Waals surface area contributed by atoms with Gasteiger partial charge in [0.1, 0.15) is 5.69 Å². The van der Waals surface area contributed by atoms with E-state index in [1.165, 1.54) is 24.3 Å². The Bertz CT molecular complexity index is 1100. The first-order valence-electron chi connectivity index (χ1n) is 8.51. The zero-order chi connectivity index (χ0) is 22.5. The summed E-state index contributed by atoms with van der Waals surface area (Å²) in [7, 11) is -2.03. The normalized spacial score (nSPS) is 10.9. The van der Waals surface area contributed by atoms with Crippen molar-refractivity contribution in [2.24, 2.45) is 0 Å². The number of nitro benzene ring substituents is 2. The van der Waals surface area contributed by atoms with E-state index in [-0.39, 0.29) is 34.9 Å². The maximum absolute atomic E-state index is 12.4. The third kappa shape index (κ3) is 5.41. The second kappa shape index (κ2) is 9.17. The van der Waals surface area contributed by atoms with E-state index in [1.54, 1.807) is 7.05 Å². The molecule has 2 rings (SSSR count). The maximum atomic E-state index is 12.4. The number of nitro groups is 2. The van der Waals surface area contributed by atoms with Crippen LogP contribution < -0.4 is 16.0 Å². The molecule has 0 aliphatic heterocycles. The highest BCUT2D eigenvalue weighted by Gasteiger charge is 2.19. The van der Waals surface area contributed by atoms with Crippen LogP contribution in [0.5, 0.6) is 0 Å². The fourth-order valence-corrected chi connectivity index (χ4v) is 3.20. The zero-order valence-electron chi connectivity index (χ0n) is 16.0. The zero-order valence-corrected chi connectivity index (χ0v) is 16.9. The lowest BCUT2D eigenvalue weighted by atomic mass is 10.1. The number of amides is 1. The summed E-state index contributed by atoms with van der Waals surface area (Å²) in [4.78, 5) is 33.0. The Hall–Kier alpha value is -3.74. The van der Waals surface area contributed by atoms with Crippen LogP contribution >= 0.6 is 0 Å². The van der Waals surface area contributed by atoms with Gasteiger partial charge in [-0.3, -0.25) is 25.0 Å². The fourth-order valence-electron chi connectivity index (χ4n) is 2.56. The van der Waals surface area contributed by atoms with Crippen LogP contribution in [0.3, 0.4) is 0 Å². The molecule has 0 aliphatic rings. The fraction of sp³-hybridized carbons (Fsp3) is 0.235. The van der Waals surface area contributed by atoms with E-state index in [9.17, 15) is 33.4 Å². The Labute approximate surface area is 171 Å². The minimum Gasteiger partial charge on any atom is -0.387 e. The van der Waals surface area contributed by atoms with Gasteiger partial charge in [-0.25, -0.2) is 8.42 Å². The highest BCUT2D eigenvalue weighted by atomic mass is 32.2. The molecule has 12 nitrogen and oxygen atoms in total. The summed E-state index contributed by atoms with van der Waals surface area (Å²) in [6.07, 6.45) is 0.946. The number of anilines is 2. The molecule has 0 aromatic heterocycles. The van der Waals surface area contributed by atoms with Crippen LogP contribution in [0.1, 0.15) is 10.4 Å². The molecule has 13 heteroatoms. The third-order valence-corrected chi connectivity index (χ3v) is 5.16. The molecule has 2 aromatic rings. The molecule has 2 aromatic carbocycles. The van der Waals surface area contributed by atoms with Crippen molar-refractivity contribution in [2.75, 3.05) is 37.0 Å². The summed E-state index contributed by atoms with van der Waals surface area (Å²) in [5, 5.41) is 30.2. The number of nitrogens with one attached hydrogen (secondary N) is 3. The van der Waals surface area contributed by atoms with E-state index in [0.717, 1.165) is 18.4 Å². The number of hydrogen-bond donors (Lipinski definition) is 3. The second-order valence-corrected chi connectivity index (χ2v) is 8.14. The number of sulfone groups is 1. The molecular weight excluding hydrogens is 418 g/mol. The van der Waals surface area contributed by atoms with E-state index < -0.39 is 31.3 Å². The molecule has 3 N–H and O–H groups in total. The monoisotopic (exact) mass is 437 g/mol. The van der Waals surface area contributed by atoms with Crippen LogP contribution in [0.2, 0.25) is 0 Å². The smallest absolute Gasteiger partial charge is 0.293 e. The molecule has 0 aliphatic carbocycles. The standard InChI is InChI=1S/C17H19N5O7S/c1-18-14-5-3-11(21(24)25)9-13(14)17(23)20-8-7-19-15-6-4-12(30(2,28)29)10-16(15)22(26)27/h3-6,9-10,18-19H,7-8H2,1-2H3,(H,20,23). The van der Waals surface area contributed by atoms with Crippen LogP contribution in [0.25, 0.3) is 0 Å². The van der Waals surface area contributed by atoms with E-state index in [0.29, 0.717) is 5.69 Å². The molecule has 0 heterocycles. The highest BCUT2D eigenvalue weighted by Crippen LogP contribution is 2.27. The minimum absolute atomic E-state index is 0.0513. The van der Waals surface area contributed by atoms with E-state index >= 15 is 0 Å². The number of hydrogen-bond acceptors (Lipinski definition) is 9. The summed E-state index contributed by atoms with van der Waals surface area (Å²) in [5.74, 6) is -0.563. The Morgan fingerprint density at radius 2 is 1.67 bits per heavy atom. The van der Waals surface area contributed by atoms with Crippen molar-refractivity contribution in [2.45, 2.75) is 4.90 Å². The van der Waals surface area contributed by atoms with Crippen LogP contribution in [-0.2, 0) is 9.84 Å². The molecule has 1 amide bonds. The van der Waals surface area contributed by atoms with Crippen molar-refractivity contribution >= 4 is 38.5 Å². The first kappa shape index (κ1) is 22.5. The van der Waals surface area contributed by atoms with Crippen LogP contribution in [0.15, 0.2) is 41.3 Å². The molecule has 0 spiro atoms. The molecule has 0 fully saturated rings. The predicted octanol–water partition coefficient (Wildman–Crippen LogP) is 1.79. The lowest BCUT2D eigenvalue weighted by Crippen LogP contribution is -2.29. The Balaban J connectivity index is 2.07. The number of carbonyl (C=O) groups excluding carboxylic acids is 1. The van der Waals surface area contributed by atoms with Gasteiger partial charge >= 0.3 is 0 Å². The Morgan fingerprint density at radius 1 is 1.00 bits per heavy atom. The van der Waals surface area contributed by atoms with Crippen molar-refractivity contribution in [3.8, 4) is 0 Å². The molecule has 0 radical (unpaired) electrons. The highest BCUT2D eigenvalue weighted by molar-refractivity contribution is 7.90. The van der Waals surface area contributed by atoms with Gasteiger partial charge in [0.2, 0.25) is 0 Å². The van der Waals surface area contributed by atoms with Gasteiger partial charge in [0.25, 0.3) is 17.3 Å². The number of nitrogens with zero attached hydrogens (tertiary/aromatic N) is 2. The van der Waals surface area contributed by atoms with Gasteiger partial charge in [0.05, 0.1) is 20.3 Å². The molecular formula is C17H19N5O7S. The second-order valence-electron chi connectivity index (χ2n) is 6.13. The predicted molar refractivity (Wildman–Crippen MR) is 110 cm³/mol. The summed E-state index contributed by atoms with van der Waals surface area (Å²) in [5.41, 5.74) is -0.0829. The van der Waals surface area contributed by atoms with Crippen molar-refractivity contribution in [3.05, 3.63) is 62.2 Å². The SMILES string of the molecule is CNc1ccc([N+](=O)[O-])cc1C(=O)NCCNc1ccc(S(C)(=O)=O)cc1[N+](=O)[O-]. The van der Waals surface area contributed by atoms with Gasteiger partial charge in [-0.1, -0.05) is 0 Å². The average molecular weight is 437 g/mol. The minimum atomic E-state index is -3.60. The first-order chi connectivity index (χ1) is 14.0. The molecule has 0 bridgehead atoms. The van der Waals surface area contributed by atoms with Crippen molar-refractivity contribution in [1.29, 1.82) is 0 Å². The first-order valence-corrected chi connectivity index (χ1v) is 10.4. The topological polar surface area (TPSA) is 174 Å². The number of non-ortho nitro benzene ring substituents is 1. The van der Waals surface area contributed by atoms with Gasteiger partial charge in [0.15, 0.2) is 9.84 Å². The van der Waals surface area contributed by atoms with Gasteiger partial charge in [-0.05, 0) is 18.2 Å². The Morgan fingerprint density at radius 3 is 2.23 bits per heavy atom. The van der Waals surface area contributed by atoms with Crippen molar-refractivity contribution in [1.82, 2.24) is 5.32 Å². The van der Waals surface area contributed by atoms with Gasteiger partial charge < -0.3 is 16.0 Å². The molecule has 30 heavy (non-hydrogen) atoms. The molecule has 0 unspecified atom stereocenters. The number of benzene rings is 2. The number of carbonyl (C=O) groups is 1. The van der Waals surface area contributed by atoms with Gasteiger partial charge in [0, 0.05) is 50.3 Å². The lowest BCUT2D eigenvalue weighted by molar-refractivity contribution is -0.384. The summed E-state index contributed by atoms with van der Waals surface area (Å²) >= 11 is 0. The molecule has 160 valence electrons. The quantitative estimate of drug-likeness (QED) is 0.300. The van der Waals surface area contributed by atoms with E-state index in [1.807, 2.05) is 0 Å². The number of rotatable bonds is 9. The Kier molecular flexibility index (Phi) is 6.89. The average Bonchev–Trinajstić information content (AvgIpc) is 2.69. The third-order valence-electron chi connectivity index (χ3n) is 4.05. The summed E-state index contributed by atoms with van der Waals surface area (Å²) in [6, 6.07) is 7.30. The van der Waals surface area contributed by atoms with Crippen LogP contribution in [0, 0.1) is 20.2 Å². The molecule has 0 saturated heterocycles. The largest absolute Gasteiger partial charge is 0.387 e. The summed E-state index contributed by atoms with van der Waals surface area (Å²) < 4.78 is 23.1. The lowest BCUT2D eigenvalue weighted by Gasteiger charge is -2.11. The van der Waals surface area contributed by atoms with Crippen LogP contribution in [-0.4, -0.2) is 50.6 Å². The summed E-state index contributed by atoms with van der Waals surface area (Å²) in [6.45, 7) is 0.143.